The Labute approximate surface area is 164 Å². The highest BCUT2D eigenvalue weighted by Crippen LogP contribution is 2.21. The monoisotopic (exact) mass is 396 g/mol. The second kappa shape index (κ2) is 9.95. The van der Waals surface area contributed by atoms with Gasteiger partial charge in [0.1, 0.15) is 0 Å². The predicted octanol–water partition coefficient (Wildman–Crippen LogP) is 1.22. The van der Waals surface area contributed by atoms with Crippen LogP contribution < -0.4 is 5.73 Å². The number of nitrogens with two attached hydrogens (primary N) is 1. The van der Waals surface area contributed by atoms with Crippen LogP contribution in [0.1, 0.15) is 34.1 Å². The SMILES string of the molecule is CC1CC(C)CN(C(=O)CN2CCN(C(=O)C(C)(C)N)CC2)C1.Cl.Cl. The van der Waals surface area contributed by atoms with Gasteiger partial charge in [0.2, 0.25) is 11.8 Å². The average molecular weight is 397 g/mol. The third-order valence-corrected chi connectivity index (χ3v) is 4.79. The van der Waals surface area contributed by atoms with Crippen LogP contribution in [0.4, 0.5) is 0 Å². The van der Waals surface area contributed by atoms with Gasteiger partial charge >= 0.3 is 0 Å². The van der Waals surface area contributed by atoms with Crippen molar-refractivity contribution in [1.82, 2.24) is 14.7 Å². The lowest BCUT2D eigenvalue weighted by atomic mass is 9.92. The van der Waals surface area contributed by atoms with Gasteiger partial charge in [-0.25, -0.2) is 0 Å². The fourth-order valence-electron chi connectivity index (χ4n) is 3.67. The van der Waals surface area contributed by atoms with Gasteiger partial charge in [0.05, 0.1) is 12.1 Å². The number of piperidine rings is 1. The maximum absolute atomic E-state index is 12.5. The van der Waals surface area contributed by atoms with Crippen molar-refractivity contribution in [2.24, 2.45) is 17.6 Å². The molecule has 2 heterocycles. The second-order valence-electron chi connectivity index (χ2n) is 8.03. The summed E-state index contributed by atoms with van der Waals surface area (Å²) in [5.41, 5.74) is 5.06. The third kappa shape index (κ3) is 6.93. The summed E-state index contributed by atoms with van der Waals surface area (Å²) in [5.74, 6) is 1.39. The molecular weight excluding hydrogens is 363 g/mol. The standard InChI is InChI=1S/C17H32N4O2.2ClH/c1-13-9-14(2)11-21(10-13)15(22)12-19-5-7-20(8-6-19)16(23)17(3,4)18;;/h13-14H,5-12,18H2,1-4H3;2*1H. The quantitative estimate of drug-likeness (QED) is 0.778. The van der Waals surface area contributed by atoms with Gasteiger partial charge in [-0.3, -0.25) is 14.5 Å². The zero-order valence-electron chi connectivity index (χ0n) is 15.9. The first kappa shape index (κ1) is 24.4. The van der Waals surface area contributed by atoms with E-state index in [4.69, 9.17) is 5.73 Å². The molecule has 2 unspecified atom stereocenters. The van der Waals surface area contributed by atoms with E-state index in [1.165, 1.54) is 6.42 Å². The van der Waals surface area contributed by atoms with E-state index in [9.17, 15) is 9.59 Å². The zero-order valence-corrected chi connectivity index (χ0v) is 17.5. The Balaban J connectivity index is 0.00000288. The van der Waals surface area contributed by atoms with Gasteiger partial charge in [-0.05, 0) is 32.1 Å². The lowest BCUT2D eigenvalue weighted by molar-refractivity contribution is -0.139. The lowest BCUT2D eigenvalue weighted by Crippen LogP contribution is -2.58. The number of hydrogen-bond donors (Lipinski definition) is 1. The summed E-state index contributed by atoms with van der Waals surface area (Å²) in [4.78, 5) is 30.7. The fraction of sp³-hybridized carbons (Fsp3) is 0.882. The first-order valence-electron chi connectivity index (χ1n) is 8.75. The van der Waals surface area contributed by atoms with E-state index in [1.54, 1.807) is 13.8 Å². The Morgan fingerprint density at radius 3 is 1.88 bits per heavy atom. The minimum Gasteiger partial charge on any atom is -0.341 e. The summed E-state index contributed by atoms with van der Waals surface area (Å²) in [6.07, 6.45) is 1.21. The first-order valence-corrected chi connectivity index (χ1v) is 8.75. The van der Waals surface area contributed by atoms with Crippen molar-refractivity contribution in [3.05, 3.63) is 0 Å². The number of rotatable bonds is 3. The number of nitrogens with zero attached hydrogens (tertiary/aromatic N) is 3. The van der Waals surface area contributed by atoms with E-state index in [-0.39, 0.29) is 36.6 Å². The molecule has 0 aromatic carbocycles. The van der Waals surface area contributed by atoms with Gasteiger partial charge in [-0.2, -0.15) is 0 Å². The smallest absolute Gasteiger partial charge is 0.242 e. The van der Waals surface area contributed by atoms with Gasteiger partial charge < -0.3 is 15.5 Å². The first-order chi connectivity index (χ1) is 10.7. The number of likely N-dealkylation sites (tertiary alicyclic amines) is 1. The van der Waals surface area contributed by atoms with Crippen molar-refractivity contribution in [2.45, 2.75) is 39.7 Å². The van der Waals surface area contributed by atoms with E-state index in [1.807, 2.05) is 9.80 Å². The summed E-state index contributed by atoms with van der Waals surface area (Å²) < 4.78 is 0. The average Bonchev–Trinajstić information content (AvgIpc) is 2.45. The van der Waals surface area contributed by atoms with Gasteiger partial charge in [-0.1, -0.05) is 13.8 Å². The number of halogens is 2. The zero-order chi connectivity index (χ0) is 17.2. The maximum Gasteiger partial charge on any atom is 0.242 e. The summed E-state index contributed by atoms with van der Waals surface area (Å²) in [7, 11) is 0. The highest BCUT2D eigenvalue weighted by atomic mass is 35.5. The Morgan fingerprint density at radius 1 is 0.960 bits per heavy atom. The molecule has 0 aliphatic carbocycles. The van der Waals surface area contributed by atoms with Gasteiger partial charge in [-0.15, -0.1) is 24.8 Å². The number of hydrogen-bond acceptors (Lipinski definition) is 4. The minimum absolute atomic E-state index is 0. The van der Waals surface area contributed by atoms with E-state index >= 15 is 0 Å². The van der Waals surface area contributed by atoms with Crippen molar-refractivity contribution < 1.29 is 9.59 Å². The van der Waals surface area contributed by atoms with E-state index in [2.05, 4.69) is 18.7 Å². The van der Waals surface area contributed by atoms with Crippen LogP contribution in [0, 0.1) is 11.8 Å². The maximum atomic E-state index is 12.5. The number of carbonyl (C=O) groups is 2. The van der Waals surface area contributed by atoms with Crippen LogP contribution in [0.15, 0.2) is 0 Å². The molecule has 0 radical (unpaired) electrons. The molecule has 0 spiro atoms. The van der Waals surface area contributed by atoms with Gasteiger partial charge in [0.25, 0.3) is 0 Å². The number of piperazine rings is 1. The molecule has 2 rings (SSSR count). The van der Waals surface area contributed by atoms with Crippen molar-refractivity contribution in [1.29, 1.82) is 0 Å². The van der Waals surface area contributed by atoms with Crippen LogP contribution in [0.2, 0.25) is 0 Å². The summed E-state index contributed by atoms with van der Waals surface area (Å²) in [5, 5.41) is 0. The molecule has 0 saturated carbocycles. The molecule has 0 aromatic rings. The van der Waals surface area contributed by atoms with E-state index in [0.29, 0.717) is 31.5 Å². The molecule has 2 fully saturated rings. The van der Waals surface area contributed by atoms with Crippen LogP contribution in [0.25, 0.3) is 0 Å². The largest absolute Gasteiger partial charge is 0.341 e. The number of amides is 2. The summed E-state index contributed by atoms with van der Waals surface area (Å²) >= 11 is 0. The predicted molar refractivity (Wildman–Crippen MR) is 105 cm³/mol. The van der Waals surface area contributed by atoms with Crippen molar-refractivity contribution >= 4 is 36.6 Å². The molecule has 2 amide bonds. The number of carbonyl (C=O) groups excluding carboxylic acids is 2. The fourth-order valence-corrected chi connectivity index (χ4v) is 3.67. The normalized spacial score (nSPS) is 25.0. The second-order valence-corrected chi connectivity index (χ2v) is 8.03. The molecule has 2 aliphatic heterocycles. The van der Waals surface area contributed by atoms with Crippen LogP contribution in [0.5, 0.6) is 0 Å². The molecule has 0 aromatic heterocycles. The molecule has 8 heteroatoms. The molecule has 25 heavy (non-hydrogen) atoms. The third-order valence-electron chi connectivity index (χ3n) is 4.79. The molecule has 2 N–H and O–H groups in total. The van der Waals surface area contributed by atoms with Crippen molar-refractivity contribution in [3.8, 4) is 0 Å². The Bertz CT molecular complexity index is 438. The van der Waals surface area contributed by atoms with Crippen LogP contribution in [-0.2, 0) is 9.59 Å². The van der Waals surface area contributed by atoms with E-state index < -0.39 is 5.54 Å². The molecule has 2 saturated heterocycles. The van der Waals surface area contributed by atoms with Crippen molar-refractivity contribution in [2.75, 3.05) is 45.8 Å². The van der Waals surface area contributed by atoms with Gasteiger partial charge in [0, 0.05) is 39.3 Å². The van der Waals surface area contributed by atoms with Crippen LogP contribution >= 0.6 is 24.8 Å². The molecular formula is C17H34Cl2N4O2. The minimum atomic E-state index is -0.821. The van der Waals surface area contributed by atoms with Gasteiger partial charge in [0.15, 0.2) is 0 Å². The molecule has 0 bridgehead atoms. The Kier molecular flexibility index (Phi) is 9.73. The molecule has 2 aliphatic rings. The molecule has 2 atom stereocenters. The topological polar surface area (TPSA) is 69.9 Å². The Morgan fingerprint density at radius 2 is 1.44 bits per heavy atom. The highest BCUT2D eigenvalue weighted by Gasteiger charge is 2.31. The van der Waals surface area contributed by atoms with Crippen LogP contribution in [-0.4, -0.2) is 77.9 Å². The summed E-state index contributed by atoms with van der Waals surface area (Å²) in [6, 6.07) is 0. The molecule has 148 valence electrons. The summed E-state index contributed by atoms with van der Waals surface area (Å²) in [6.45, 7) is 12.9. The lowest BCUT2D eigenvalue weighted by Gasteiger charge is -2.39. The van der Waals surface area contributed by atoms with Crippen molar-refractivity contribution in [3.63, 3.8) is 0 Å². The molecule has 6 nitrogen and oxygen atoms in total. The highest BCUT2D eigenvalue weighted by molar-refractivity contribution is 5.86. The van der Waals surface area contributed by atoms with E-state index in [0.717, 1.165) is 26.2 Å². The van der Waals surface area contributed by atoms with Crippen LogP contribution in [0.3, 0.4) is 0 Å². The Hall–Kier alpha value is -0.560.